The second kappa shape index (κ2) is 10.9. The molecule has 11 heteroatoms. The highest BCUT2D eigenvalue weighted by molar-refractivity contribution is 6.09. The molecule has 1 aliphatic heterocycles. The molecule has 2 aliphatic rings. The first-order valence-corrected chi connectivity index (χ1v) is 10.2. The molecule has 1 saturated heterocycles. The average Bonchev–Trinajstić information content (AvgIpc) is 2.93. The van der Waals surface area contributed by atoms with Crippen molar-refractivity contribution in [3.63, 3.8) is 0 Å². The monoisotopic (exact) mass is 426 g/mol. The quantitative estimate of drug-likeness (QED) is 0.273. The first-order chi connectivity index (χ1) is 14.3. The van der Waals surface area contributed by atoms with Crippen molar-refractivity contribution in [3.8, 4) is 0 Å². The number of nitrogens with one attached hydrogen (secondary N) is 3. The van der Waals surface area contributed by atoms with Gasteiger partial charge in [0.2, 0.25) is 0 Å². The number of nitrogens with zero attached hydrogens (tertiary/aromatic N) is 1. The molecule has 168 valence electrons. The lowest BCUT2D eigenvalue weighted by atomic mass is 9.73. The third-order valence-corrected chi connectivity index (χ3v) is 5.36. The first kappa shape index (κ1) is 23.6. The van der Waals surface area contributed by atoms with E-state index in [1.54, 1.807) is 0 Å². The summed E-state index contributed by atoms with van der Waals surface area (Å²) in [5.74, 6) is -2.19. The zero-order valence-corrected chi connectivity index (χ0v) is 17.5. The Morgan fingerprint density at radius 2 is 2.03 bits per heavy atom. The van der Waals surface area contributed by atoms with Gasteiger partial charge >= 0.3 is 18.0 Å². The summed E-state index contributed by atoms with van der Waals surface area (Å²) in [7, 11) is 0. The van der Waals surface area contributed by atoms with Gasteiger partial charge in [0, 0.05) is 19.8 Å². The van der Waals surface area contributed by atoms with Crippen LogP contribution in [0.15, 0.2) is 0 Å². The van der Waals surface area contributed by atoms with Crippen molar-refractivity contribution in [2.45, 2.75) is 51.5 Å². The predicted molar refractivity (Wildman–Crippen MR) is 104 cm³/mol. The summed E-state index contributed by atoms with van der Waals surface area (Å²) in [6, 6.07) is -1.35. The van der Waals surface area contributed by atoms with Gasteiger partial charge in [-0.15, -0.1) is 0 Å². The van der Waals surface area contributed by atoms with Crippen molar-refractivity contribution in [3.05, 3.63) is 0 Å². The Bertz CT molecular complexity index is 684. The number of ether oxygens (including phenoxy) is 2. The molecule has 2 atom stereocenters. The van der Waals surface area contributed by atoms with Crippen LogP contribution in [0.4, 0.5) is 9.59 Å². The molecule has 0 aromatic rings. The van der Waals surface area contributed by atoms with Crippen LogP contribution in [0.25, 0.3) is 0 Å². The molecule has 6 amide bonds. The van der Waals surface area contributed by atoms with E-state index >= 15 is 0 Å². The smallest absolute Gasteiger partial charge is 0.326 e. The minimum Gasteiger partial charge on any atom is -0.454 e. The average molecular weight is 426 g/mol. The fourth-order valence-corrected chi connectivity index (χ4v) is 3.69. The number of imide groups is 2. The second-order valence-electron chi connectivity index (χ2n) is 7.45. The van der Waals surface area contributed by atoms with Crippen LogP contribution in [-0.4, -0.2) is 73.2 Å². The lowest BCUT2D eigenvalue weighted by molar-refractivity contribution is -0.151. The highest BCUT2D eigenvalue weighted by atomic mass is 16.5. The van der Waals surface area contributed by atoms with Crippen LogP contribution in [0, 0.1) is 5.92 Å². The Morgan fingerprint density at radius 3 is 2.73 bits per heavy atom. The summed E-state index contributed by atoms with van der Waals surface area (Å²) < 4.78 is 9.92. The van der Waals surface area contributed by atoms with Crippen LogP contribution in [0.3, 0.4) is 0 Å². The van der Waals surface area contributed by atoms with Gasteiger partial charge in [0.25, 0.3) is 11.8 Å². The number of rotatable bonds is 9. The fourth-order valence-electron chi connectivity index (χ4n) is 3.69. The van der Waals surface area contributed by atoms with Crippen LogP contribution in [0.2, 0.25) is 0 Å². The molecule has 2 rings (SSSR count). The van der Waals surface area contributed by atoms with Crippen LogP contribution >= 0.6 is 0 Å². The molecule has 1 saturated carbocycles. The highest BCUT2D eigenvalue weighted by Crippen LogP contribution is 2.38. The zero-order chi connectivity index (χ0) is 22.1. The molecule has 0 radical (unpaired) electrons. The molecule has 1 heterocycles. The standard InChI is InChI=1S/C19H30N4O7/c1-3-29-10-6-9-20-17(27)21-14(24)12-30-15(25)11-23-16(26)19(22-18(23)28)8-5-4-7-13(19)2/h13H,3-12H2,1-2H3,(H,22,28)(H2,20,21,24,27). The molecule has 0 aromatic carbocycles. The Morgan fingerprint density at radius 1 is 1.27 bits per heavy atom. The van der Waals surface area contributed by atoms with Crippen LogP contribution in [-0.2, 0) is 23.9 Å². The van der Waals surface area contributed by atoms with Crippen molar-refractivity contribution in [1.82, 2.24) is 20.9 Å². The molecular weight excluding hydrogens is 396 g/mol. The van der Waals surface area contributed by atoms with Crippen molar-refractivity contribution < 1.29 is 33.4 Å². The van der Waals surface area contributed by atoms with Gasteiger partial charge in [-0.1, -0.05) is 19.8 Å². The maximum absolute atomic E-state index is 12.8. The molecule has 30 heavy (non-hydrogen) atoms. The minimum atomic E-state index is -0.965. The summed E-state index contributed by atoms with van der Waals surface area (Å²) in [4.78, 5) is 61.1. The predicted octanol–water partition coefficient (Wildman–Crippen LogP) is 0.283. The third kappa shape index (κ3) is 5.91. The molecule has 0 aromatic heterocycles. The minimum absolute atomic E-state index is 0.0263. The van der Waals surface area contributed by atoms with Gasteiger partial charge in [-0.2, -0.15) is 0 Å². The maximum atomic E-state index is 12.8. The van der Waals surface area contributed by atoms with Crippen molar-refractivity contribution >= 4 is 29.8 Å². The molecule has 11 nitrogen and oxygen atoms in total. The summed E-state index contributed by atoms with van der Waals surface area (Å²) in [5.41, 5.74) is -0.965. The van der Waals surface area contributed by atoms with Crippen molar-refractivity contribution in [2.75, 3.05) is 32.9 Å². The molecule has 2 unspecified atom stereocenters. The van der Waals surface area contributed by atoms with Gasteiger partial charge in [-0.3, -0.25) is 24.6 Å². The van der Waals surface area contributed by atoms with Crippen molar-refractivity contribution in [2.24, 2.45) is 5.92 Å². The number of esters is 1. The summed E-state index contributed by atoms with van der Waals surface area (Å²) in [5, 5.41) is 7.23. The van der Waals surface area contributed by atoms with E-state index in [0.717, 1.165) is 24.2 Å². The molecule has 0 bridgehead atoms. The van der Waals surface area contributed by atoms with Gasteiger partial charge < -0.3 is 20.1 Å². The Kier molecular flexibility index (Phi) is 8.58. The van der Waals surface area contributed by atoms with Crippen LogP contribution < -0.4 is 16.0 Å². The fraction of sp³-hybridized carbons (Fsp3) is 0.737. The van der Waals surface area contributed by atoms with Gasteiger partial charge in [0.05, 0.1) is 0 Å². The third-order valence-electron chi connectivity index (χ3n) is 5.36. The van der Waals surface area contributed by atoms with E-state index in [1.165, 1.54) is 0 Å². The normalized spacial score (nSPS) is 23.3. The number of carbonyl (C=O) groups excluding carboxylic acids is 5. The molecular formula is C19H30N4O7. The summed E-state index contributed by atoms with van der Waals surface area (Å²) in [6.07, 6.45) is 3.76. The van der Waals surface area contributed by atoms with Crippen molar-refractivity contribution in [1.29, 1.82) is 0 Å². The number of amides is 6. The van der Waals surface area contributed by atoms with E-state index in [4.69, 9.17) is 9.47 Å². The number of carbonyl (C=O) groups is 5. The molecule has 2 fully saturated rings. The lowest BCUT2D eigenvalue weighted by Gasteiger charge is -2.36. The van der Waals surface area contributed by atoms with E-state index < -0.39 is 48.5 Å². The van der Waals surface area contributed by atoms with E-state index in [-0.39, 0.29) is 5.92 Å². The van der Waals surface area contributed by atoms with Gasteiger partial charge in [0.1, 0.15) is 12.1 Å². The van der Waals surface area contributed by atoms with Crippen LogP contribution in [0.1, 0.15) is 46.0 Å². The summed E-state index contributed by atoms with van der Waals surface area (Å²) in [6.45, 7) is 3.88. The summed E-state index contributed by atoms with van der Waals surface area (Å²) >= 11 is 0. The molecule has 1 aliphatic carbocycles. The Balaban J connectivity index is 1.72. The number of hydrogen-bond acceptors (Lipinski definition) is 7. The van der Waals surface area contributed by atoms with Gasteiger partial charge in [-0.25, -0.2) is 9.59 Å². The maximum Gasteiger partial charge on any atom is 0.326 e. The SMILES string of the molecule is CCOCCCNC(=O)NC(=O)COC(=O)CN1C(=O)NC2(CCCCC2C)C1=O. The first-order valence-electron chi connectivity index (χ1n) is 10.2. The Hall–Kier alpha value is -2.69. The highest BCUT2D eigenvalue weighted by Gasteiger charge is 2.55. The lowest BCUT2D eigenvalue weighted by Crippen LogP contribution is -2.54. The van der Waals surface area contributed by atoms with E-state index in [2.05, 4.69) is 10.6 Å². The van der Waals surface area contributed by atoms with E-state index in [0.29, 0.717) is 32.6 Å². The zero-order valence-electron chi connectivity index (χ0n) is 17.5. The molecule has 3 N–H and O–H groups in total. The van der Waals surface area contributed by atoms with Gasteiger partial charge in [0.15, 0.2) is 6.61 Å². The molecule has 1 spiro atoms. The second-order valence-corrected chi connectivity index (χ2v) is 7.45. The van der Waals surface area contributed by atoms with E-state index in [9.17, 15) is 24.0 Å². The Labute approximate surface area is 175 Å². The topological polar surface area (TPSA) is 143 Å². The largest absolute Gasteiger partial charge is 0.454 e. The number of urea groups is 2. The van der Waals surface area contributed by atoms with E-state index in [1.807, 2.05) is 19.2 Å². The van der Waals surface area contributed by atoms with Gasteiger partial charge in [-0.05, 0) is 32.1 Å². The number of hydrogen-bond donors (Lipinski definition) is 3. The van der Waals surface area contributed by atoms with Crippen LogP contribution in [0.5, 0.6) is 0 Å².